The molecule has 6 rings (SSSR count). The van der Waals surface area contributed by atoms with E-state index in [1.165, 1.54) is 0 Å². The molecule has 0 spiro atoms. The number of nitrogens with zero attached hydrogens (tertiary/aromatic N) is 2. The Morgan fingerprint density at radius 3 is 2.29 bits per heavy atom. The van der Waals surface area contributed by atoms with E-state index in [9.17, 15) is 14.4 Å². The van der Waals surface area contributed by atoms with Gasteiger partial charge in [-0.2, -0.15) is 0 Å². The second-order valence-electron chi connectivity index (χ2n) is 12.7. The first kappa shape index (κ1) is 32.6. The van der Waals surface area contributed by atoms with Crippen molar-refractivity contribution in [3.8, 4) is 16.9 Å². The highest BCUT2D eigenvalue weighted by molar-refractivity contribution is 6.04. The summed E-state index contributed by atoms with van der Waals surface area (Å²) in [6, 6.07) is 32.8. The molecule has 1 saturated carbocycles. The zero-order chi connectivity index (χ0) is 33.6. The molecule has 8 nitrogen and oxygen atoms in total. The first-order valence-electron chi connectivity index (χ1n) is 16.5. The van der Waals surface area contributed by atoms with E-state index in [2.05, 4.69) is 22.9 Å². The number of anilines is 3. The topological polar surface area (TPSA) is 105 Å². The SMILES string of the molecule is C=CC[C@H](C(N)=O)[C@@H](CC1CC1)C(=O)NC1CN(c2ccccc2)c2ccccc2N(Cc2cccc(-c3ccc(OC)cc3)c2)C1=O. The minimum atomic E-state index is -0.895. The van der Waals surface area contributed by atoms with Gasteiger partial charge in [0.05, 0.1) is 43.4 Å². The molecule has 0 radical (unpaired) electrons. The summed E-state index contributed by atoms with van der Waals surface area (Å²) in [5.41, 5.74) is 11.3. The van der Waals surface area contributed by atoms with E-state index in [0.717, 1.165) is 52.3 Å². The lowest BCUT2D eigenvalue weighted by Crippen LogP contribution is -2.54. The van der Waals surface area contributed by atoms with Crippen LogP contribution >= 0.6 is 0 Å². The number of allylic oxidation sites excluding steroid dienone is 1. The lowest BCUT2D eigenvalue weighted by Gasteiger charge is -2.29. The van der Waals surface area contributed by atoms with Gasteiger partial charge in [-0.1, -0.05) is 79.6 Å². The number of ether oxygens (including phenoxy) is 1. The Balaban J connectivity index is 1.37. The predicted octanol–water partition coefficient (Wildman–Crippen LogP) is 6.63. The van der Waals surface area contributed by atoms with Crippen molar-refractivity contribution < 1.29 is 19.1 Å². The van der Waals surface area contributed by atoms with Gasteiger partial charge in [-0.15, -0.1) is 6.58 Å². The summed E-state index contributed by atoms with van der Waals surface area (Å²) >= 11 is 0. The highest BCUT2D eigenvalue weighted by Crippen LogP contribution is 2.40. The van der Waals surface area contributed by atoms with Crippen molar-refractivity contribution in [2.75, 3.05) is 23.5 Å². The van der Waals surface area contributed by atoms with Crippen LogP contribution in [-0.2, 0) is 20.9 Å². The van der Waals surface area contributed by atoms with Crippen LogP contribution in [0.5, 0.6) is 5.75 Å². The van der Waals surface area contributed by atoms with Gasteiger partial charge in [0, 0.05) is 5.69 Å². The van der Waals surface area contributed by atoms with Crippen LogP contribution in [0.15, 0.2) is 116 Å². The van der Waals surface area contributed by atoms with Crippen LogP contribution in [-0.4, -0.2) is 37.4 Å². The van der Waals surface area contributed by atoms with E-state index in [1.54, 1.807) is 18.1 Å². The molecule has 1 fully saturated rings. The maximum absolute atomic E-state index is 14.7. The zero-order valence-electron chi connectivity index (χ0n) is 27.3. The van der Waals surface area contributed by atoms with Crippen molar-refractivity contribution in [3.63, 3.8) is 0 Å². The van der Waals surface area contributed by atoms with Crippen molar-refractivity contribution >= 4 is 34.8 Å². The van der Waals surface area contributed by atoms with Gasteiger partial charge in [0.25, 0.3) is 5.91 Å². The average Bonchev–Trinajstić information content (AvgIpc) is 3.95. The Labute approximate surface area is 282 Å². The number of amides is 3. The molecule has 0 aromatic heterocycles. The molecule has 4 aromatic rings. The number of fused-ring (bicyclic) bond motifs is 1. The summed E-state index contributed by atoms with van der Waals surface area (Å²) in [5.74, 6) is -1.27. The molecule has 1 heterocycles. The van der Waals surface area contributed by atoms with Crippen molar-refractivity contribution in [2.45, 2.75) is 38.3 Å². The first-order valence-corrected chi connectivity index (χ1v) is 16.5. The standard InChI is InChI=1S/C40H42N4O4/c1-3-10-33(38(41)45)34(24-27-17-18-27)39(46)42-35-26-43(31-13-5-4-6-14-31)36-15-7-8-16-37(36)44(40(35)47)25-28-11-9-12-30(23-28)29-19-21-32(48-2)22-20-29/h3-9,11-16,19-23,27,33-35H,1,10,17-18,24-26H2,2H3,(H2,41,45)(H,42,46)/t33-,34+,35?/m0/s1. The van der Waals surface area contributed by atoms with Crippen molar-refractivity contribution in [1.29, 1.82) is 0 Å². The Bertz CT molecular complexity index is 1770. The fourth-order valence-corrected chi connectivity index (χ4v) is 6.63. The maximum Gasteiger partial charge on any atom is 0.251 e. The molecular weight excluding hydrogens is 600 g/mol. The Morgan fingerprint density at radius 1 is 0.917 bits per heavy atom. The van der Waals surface area contributed by atoms with Gasteiger partial charge in [0.15, 0.2) is 0 Å². The molecule has 3 atom stereocenters. The highest BCUT2D eigenvalue weighted by atomic mass is 16.5. The monoisotopic (exact) mass is 642 g/mol. The van der Waals surface area contributed by atoms with Crippen LogP contribution in [0.3, 0.4) is 0 Å². The number of rotatable bonds is 13. The molecule has 1 aliphatic carbocycles. The molecule has 246 valence electrons. The summed E-state index contributed by atoms with van der Waals surface area (Å²) < 4.78 is 5.33. The van der Waals surface area contributed by atoms with Crippen LogP contribution < -0.4 is 25.6 Å². The van der Waals surface area contributed by atoms with Crippen molar-refractivity contribution in [2.24, 2.45) is 23.5 Å². The number of nitrogens with two attached hydrogens (primary N) is 1. The number of carbonyl (C=O) groups excluding carboxylic acids is 3. The number of para-hydroxylation sites is 3. The minimum Gasteiger partial charge on any atom is -0.497 e. The normalized spacial score (nSPS) is 17.1. The maximum atomic E-state index is 14.7. The lowest BCUT2D eigenvalue weighted by atomic mass is 9.84. The number of carbonyl (C=O) groups is 3. The average molecular weight is 643 g/mol. The van der Waals surface area contributed by atoms with Gasteiger partial charge in [0.1, 0.15) is 11.8 Å². The number of primary amides is 1. The smallest absolute Gasteiger partial charge is 0.251 e. The third-order valence-corrected chi connectivity index (χ3v) is 9.36. The van der Waals surface area contributed by atoms with E-state index in [0.29, 0.717) is 25.3 Å². The van der Waals surface area contributed by atoms with Crippen molar-refractivity contribution in [1.82, 2.24) is 5.32 Å². The molecule has 3 N–H and O–H groups in total. The summed E-state index contributed by atoms with van der Waals surface area (Å²) in [7, 11) is 1.64. The Kier molecular flexibility index (Phi) is 9.90. The second kappa shape index (κ2) is 14.6. The van der Waals surface area contributed by atoms with Crippen LogP contribution in [0.2, 0.25) is 0 Å². The van der Waals surface area contributed by atoms with E-state index in [1.807, 2.05) is 97.1 Å². The molecule has 1 unspecified atom stereocenters. The largest absolute Gasteiger partial charge is 0.497 e. The van der Waals surface area contributed by atoms with Crippen LogP contribution in [0.1, 0.15) is 31.2 Å². The van der Waals surface area contributed by atoms with Gasteiger partial charge in [-0.25, -0.2) is 0 Å². The number of hydrogen-bond donors (Lipinski definition) is 2. The van der Waals surface area contributed by atoms with Gasteiger partial charge in [0.2, 0.25) is 11.8 Å². The fourth-order valence-electron chi connectivity index (χ4n) is 6.63. The molecule has 48 heavy (non-hydrogen) atoms. The zero-order valence-corrected chi connectivity index (χ0v) is 27.3. The number of hydrogen-bond acceptors (Lipinski definition) is 5. The molecular formula is C40H42N4O4. The van der Waals surface area contributed by atoms with Gasteiger partial charge >= 0.3 is 0 Å². The quantitative estimate of drug-likeness (QED) is 0.160. The van der Waals surface area contributed by atoms with Crippen LogP contribution in [0, 0.1) is 17.8 Å². The molecule has 1 aliphatic heterocycles. The summed E-state index contributed by atoms with van der Waals surface area (Å²) in [4.78, 5) is 45.2. The summed E-state index contributed by atoms with van der Waals surface area (Å²) in [6.45, 7) is 4.30. The van der Waals surface area contributed by atoms with E-state index < -0.39 is 23.8 Å². The highest BCUT2D eigenvalue weighted by Gasteiger charge is 2.40. The summed E-state index contributed by atoms with van der Waals surface area (Å²) in [5, 5.41) is 3.11. The van der Waals surface area contributed by atoms with Gasteiger partial charge in [-0.05, 0) is 77.9 Å². The van der Waals surface area contributed by atoms with E-state index in [4.69, 9.17) is 10.5 Å². The lowest BCUT2D eigenvalue weighted by molar-refractivity contribution is -0.135. The molecule has 8 heteroatoms. The second-order valence-corrected chi connectivity index (χ2v) is 12.7. The third kappa shape index (κ3) is 7.28. The number of methoxy groups -OCH3 is 1. The van der Waals surface area contributed by atoms with Gasteiger partial charge < -0.3 is 25.6 Å². The fraction of sp³-hybridized carbons (Fsp3) is 0.275. The first-order chi connectivity index (χ1) is 23.4. The van der Waals surface area contributed by atoms with Crippen LogP contribution in [0.25, 0.3) is 11.1 Å². The molecule has 0 bridgehead atoms. The minimum absolute atomic E-state index is 0.215. The Morgan fingerprint density at radius 2 is 1.62 bits per heavy atom. The molecule has 2 aliphatic rings. The van der Waals surface area contributed by atoms with Crippen molar-refractivity contribution in [3.05, 3.63) is 121 Å². The van der Waals surface area contributed by atoms with E-state index in [-0.39, 0.29) is 18.4 Å². The predicted molar refractivity (Wildman–Crippen MR) is 190 cm³/mol. The number of nitrogens with one attached hydrogen (secondary N) is 1. The Hall–Kier alpha value is -5.37. The van der Waals surface area contributed by atoms with Crippen LogP contribution in [0.4, 0.5) is 17.1 Å². The van der Waals surface area contributed by atoms with Gasteiger partial charge in [-0.3, -0.25) is 14.4 Å². The molecule has 0 saturated heterocycles. The number of benzene rings is 4. The molecule has 3 amide bonds. The van der Waals surface area contributed by atoms with E-state index >= 15 is 0 Å². The summed E-state index contributed by atoms with van der Waals surface area (Å²) in [6.07, 6.45) is 4.53. The molecule has 4 aromatic carbocycles. The third-order valence-electron chi connectivity index (χ3n) is 9.36.